The van der Waals surface area contributed by atoms with E-state index >= 15 is 0 Å². The quantitative estimate of drug-likeness (QED) is 0.822. The lowest BCUT2D eigenvalue weighted by molar-refractivity contribution is 0.0682. The van der Waals surface area contributed by atoms with Gasteiger partial charge in [-0.3, -0.25) is 0 Å². The van der Waals surface area contributed by atoms with E-state index in [0.717, 1.165) is 11.1 Å². The third-order valence-corrected chi connectivity index (χ3v) is 4.37. The van der Waals surface area contributed by atoms with Gasteiger partial charge in [0.05, 0.1) is 0 Å². The molecule has 0 saturated heterocycles. The van der Waals surface area contributed by atoms with Gasteiger partial charge in [0.1, 0.15) is 5.60 Å². The fraction of sp³-hybridized carbons (Fsp3) is 0.294. The lowest BCUT2D eigenvalue weighted by atomic mass is 9.83. The first-order valence-electron chi connectivity index (χ1n) is 6.52. The van der Waals surface area contributed by atoms with E-state index in [0.29, 0.717) is 11.4 Å². The molecule has 2 aromatic rings. The highest BCUT2D eigenvalue weighted by atomic mass is 35.5. The van der Waals surface area contributed by atoms with Gasteiger partial charge >= 0.3 is 0 Å². The summed E-state index contributed by atoms with van der Waals surface area (Å²) in [6, 6.07) is 15.7. The van der Waals surface area contributed by atoms with Crippen molar-refractivity contribution in [3.63, 3.8) is 0 Å². The van der Waals surface area contributed by atoms with Crippen LogP contribution in [0.1, 0.15) is 37.0 Å². The first-order valence-corrected chi connectivity index (χ1v) is 6.90. The van der Waals surface area contributed by atoms with Gasteiger partial charge in [-0.05, 0) is 40.7 Å². The summed E-state index contributed by atoms with van der Waals surface area (Å²) in [5.74, 6) is 0. The molecule has 19 heavy (non-hydrogen) atoms. The standard InChI is InChI=1S/C17H17ClO/c1-16(2)11-17(19,12-7-9-13(18)10-8-12)15-6-4-3-5-14(15)16/h3-10,19H,11H2,1-2H3/t17-/m1/s1. The Kier molecular flexibility index (Phi) is 2.74. The van der Waals surface area contributed by atoms with Crippen molar-refractivity contribution in [2.75, 3.05) is 0 Å². The number of fused-ring (bicyclic) bond motifs is 1. The van der Waals surface area contributed by atoms with Gasteiger partial charge in [-0.1, -0.05) is 61.8 Å². The van der Waals surface area contributed by atoms with E-state index < -0.39 is 5.60 Å². The summed E-state index contributed by atoms with van der Waals surface area (Å²) in [6.07, 6.45) is 0.695. The zero-order valence-corrected chi connectivity index (χ0v) is 11.9. The van der Waals surface area contributed by atoms with Crippen molar-refractivity contribution in [2.45, 2.75) is 31.3 Å². The topological polar surface area (TPSA) is 20.2 Å². The van der Waals surface area contributed by atoms with E-state index in [2.05, 4.69) is 19.9 Å². The van der Waals surface area contributed by atoms with Crippen molar-refractivity contribution >= 4 is 11.6 Å². The SMILES string of the molecule is CC1(C)C[C@@](O)(c2ccc(Cl)cc2)c2ccccc21. The second-order valence-corrected chi connectivity index (χ2v) is 6.41. The Hall–Kier alpha value is -1.31. The van der Waals surface area contributed by atoms with Gasteiger partial charge in [-0.25, -0.2) is 0 Å². The fourth-order valence-corrected chi connectivity index (χ4v) is 3.37. The molecule has 0 aromatic heterocycles. The Labute approximate surface area is 118 Å². The number of rotatable bonds is 1. The van der Waals surface area contributed by atoms with Crippen molar-refractivity contribution < 1.29 is 5.11 Å². The minimum absolute atomic E-state index is 0.0228. The molecule has 0 radical (unpaired) electrons. The van der Waals surface area contributed by atoms with Gasteiger partial charge in [0.15, 0.2) is 0 Å². The summed E-state index contributed by atoms with van der Waals surface area (Å²) >= 11 is 5.94. The van der Waals surface area contributed by atoms with Crippen LogP contribution < -0.4 is 0 Å². The molecule has 98 valence electrons. The van der Waals surface area contributed by atoms with Crippen LogP contribution in [0.5, 0.6) is 0 Å². The molecule has 3 rings (SSSR count). The average molecular weight is 273 g/mol. The third-order valence-electron chi connectivity index (χ3n) is 4.12. The van der Waals surface area contributed by atoms with E-state index in [1.807, 2.05) is 42.5 Å². The molecule has 0 heterocycles. The number of aliphatic hydroxyl groups is 1. The fourth-order valence-electron chi connectivity index (χ4n) is 3.25. The summed E-state index contributed by atoms with van der Waals surface area (Å²) < 4.78 is 0. The van der Waals surface area contributed by atoms with E-state index in [1.165, 1.54) is 5.56 Å². The monoisotopic (exact) mass is 272 g/mol. The zero-order chi connectivity index (χ0) is 13.7. The van der Waals surface area contributed by atoms with E-state index in [9.17, 15) is 5.11 Å². The molecule has 1 N–H and O–H groups in total. The smallest absolute Gasteiger partial charge is 0.116 e. The Morgan fingerprint density at radius 2 is 1.53 bits per heavy atom. The maximum absolute atomic E-state index is 11.2. The first kappa shape index (κ1) is 12.7. The molecular weight excluding hydrogens is 256 g/mol. The van der Waals surface area contributed by atoms with Crippen molar-refractivity contribution in [1.29, 1.82) is 0 Å². The number of hydrogen-bond acceptors (Lipinski definition) is 1. The average Bonchev–Trinajstić information content (AvgIpc) is 2.59. The van der Waals surface area contributed by atoms with Crippen molar-refractivity contribution in [3.05, 3.63) is 70.2 Å². The maximum atomic E-state index is 11.2. The van der Waals surface area contributed by atoms with Crippen molar-refractivity contribution in [3.8, 4) is 0 Å². The van der Waals surface area contributed by atoms with Gasteiger partial charge in [0, 0.05) is 5.02 Å². The molecule has 0 saturated carbocycles. The lowest BCUT2D eigenvalue weighted by Gasteiger charge is -2.27. The third kappa shape index (κ3) is 1.89. The van der Waals surface area contributed by atoms with Crippen LogP contribution in [-0.2, 0) is 11.0 Å². The highest BCUT2D eigenvalue weighted by molar-refractivity contribution is 6.30. The second kappa shape index (κ2) is 4.09. The predicted octanol–water partition coefficient (Wildman–Crippen LogP) is 4.26. The molecule has 1 atom stereocenters. The lowest BCUT2D eigenvalue weighted by Crippen LogP contribution is -2.26. The van der Waals surface area contributed by atoms with Crippen LogP contribution in [0.2, 0.25) is 5.02 Å². The van der Waals surface area contributed by atoms with Crippen LogP contribution in [0.4, 0.5) is 0 Å². The highest BCUT2D eigenvalue weighted by Gasteiger charge is 2.47. The van der Waals surface area contributed by atoms with Crippen LogP contribution in [0.3, 0.4) is 0 Å². The van der Waals surface area contributed by atoms with Crippen LogP contribution in [0, 0.1) is 0 Å². The summed E-state index contributed by atoms with van der Waals surface area (Å²) in [4.78, 5) is 0. The minimum atomic E-state index is -0.912. The predicted molar refractivity (Wildman–Crippen MR) is 78.5 cm³/mol. The van der Waals surface area contributed by atoms with Gasteiger partial charge in [0.25, 0.3) is 0 Å². The first-order chi connectivity index (χ1) is 8.93. The number of benzene rings is 2. The molecule has 1 aliphatic rings. The summed E-state index contributed by atoms with van der Waals surface area (Å²) in [7, 11) is 0. The Morgan fingerprint density at radius 3 is 2.16 bits per heavy atom. The molecule has 0 unspecified atom stereocenters. The molecule has 0 spiro atoms. The largest absolute Gasteiger partial charge is 0.380 e. The molecule has 0 bridgehead atoms. The molecule has 1 nitrogen and oxygen atoms in total. The van der Waals surface area contributed by atoms with Crippen LogP contribution >= 0.6 is 11.6 Å². The summed E-state index contributed by atoms with van der Waals surface area (Å²) in [5, 5.41) is 11.9. The molecular formula is C17H17ClO. The van der Waals surface area contributed by atoms with Crippen molar-refractivity contribution in [1.82, 2.24) is 0 Å². The van der Waals surface area contributed by atoms with Crippen LogP contribution in [0.15, 0.2) is 48.5 Å². The second-order valence-electron chi connectivity index (χ2n) is 5.97. The molecule has 2 heteroatoms. The van der Waals surface area contributed by atoms with Gasteiger partial charge in [0.2, 0.25) is 0 Å². The van der Waals surface area contributed by atoms with Crippen LogP contribution in [0.25, 0.3) is 0 Å². The maximum Gasteiger partial charge on any atom is 0.116 e. The van der Waals surface area contributed by atoms with Gasteiger partial charge < -0.3 is 5.11 Å². The molecule has 2 aromatic carbocycles. The summed E-state index contributed by atoms with van der Waals surface area (Å²) in [6.45, 7) is 4.36. The highest BCUT2D eigenvalue weighted by Crippen LogP contribution is 2.51. The van der Waals surface area contributed by atoms with E-state index in [1.54, 1.807) is 0 Å². The van der Waals surface area contributed by atoms with Gasteiger partial charge in [-0.2, -0.15) is 0 Å². The van der Waals surface area contributed by atoms with Crippen LogP contribution in [-0.4, -0.2) is 5.11 Å². The molecule has 0 fully saturated rings. The molecule has 1 aliphatic carbocycles. The van der Waals surface area contributed by atoms with Gasteiger partial charge in [-0.15, -0.1) is 0 Å². The van der Waals surface area contributed by atoms with Crippen molar-refractivity contribution in [2.24, 2.45) is 0 Å². The molecule has 0 amide bonds. The minimum Gasteiger partial charge on any atom is -0.380 e. The summed E-state index contributed by atoms with van der Waals surface area (Å²) in [5.41, 5.74) is 2.22. The molecule has 0 aliphatic heterocycles. The number of hydrogen-bond donors (Lipinski definition) is 1. The Balaban J connectivity index is 2.19. The Bertz CT molecular complexity index is 615. The van der Waals surface area contributed by atoms with E-state index in [-0.39, 0.29) is 5.41 Å². The zero-order valence-electron chi connectivity index (χ0n) is 11.2. The number of halogens is 1. The normalized spacial score (nSPS) is 24.2. The van der Waals surface area contributed by atoms with E-state index in [4.69, 9.17) is 11.6 Å². The Morgan fingerprint density at radius 1 is 0.947 bits per heavy atom.